The van der Waals surface area contributed by atoms with Gasteiger partial charge in [0.05, 0.1) is 12.1 Å². The molecular weight excluding hydrogens is 341 g/mol. The zero-order valence-electron chi connectivity index (χ0n) is 15.3. The van der Waals surface area contributed by atoms with Crippen LogP contribution in [0.25, 0.3) is 11.3 Å². The number of aryl methyl sites for hydroxylation is 1. The van der Waals surface area contributed by atoms with Crippen molar-refractivity contribution in [2.24, 2.45) is 0 Å². The molecule has 5 heteroatoms. The lowest BCUT2D eigenvalue weighted by Gasteiger charge is -2.20. The Balaban J connectivity index is 1.47. The fourth-order valence-electron chi connectivity index (χ4n) is 3.57. The van der Waals surface area contributed by atoms with E-state index in [0.29, 0.717) is 19.5 Å². The normalized spacial score (nSPS) is 13.9. The first-order valence-electron chi connectivity index (χ1n) is 9.25. The highest BCUT2D eigenvalue weighted by Gasteiger charge is 2.23. The Morgan fingerprint density at radius 2 is 1.78 bits per heavy atom. The molecule has 0 saturated heterocycles. The lowest BCUT2D eigenvalue weighted by Crippen LogP contribution is -2.34. The van der Waals surface area contributed by atoms with E-state index in [9.17, 15) is 9.18 Å². The number of nitrogens with zero attached hydrogens (tertiary/aromatic N) is 2. The molecule has 2 heterocycles. The minimum absolute atomic E-state index is 0.0802. The van der Waals surface area contributed by atoms with Crippen LogP contribution >= 0.6 is 0 Å². The average molecular weight is 363 g/mol. The monoisotopic (exact) mass is 363 g/mol. The van der Waals surface area contributed by atoms with Crippen LogP contribution < -0.4 is 0 Å². The molecule has 2 aromatic carbocycles. The maximum atomic E-state index is 13.0. The summed E-state index contributed by atoms with van der Waals surface area (Å²) in [7, 11) is 0. The van der Waals surface area contributed by atoms with Crippen LogP contribution in [0, 0.1) is 12.7 Å². The minimum atomic E-state index is -0.282. The fraction of sp³-hybridized carbons (Fsp3) is 0.273. The van der Waals surface area contributed by atoms with Gasteiger partial charge in [0.25, 0.3) is 0 Å². The van der Waals surface area contributed by atoms with Crippen molar-refractivity contribution in [3.63, 3.8) is 0 Å². The third kappa shape index (κ3) is 3.77. The van der Waals surface area contributed by atoms with Crippen molar-refractivity contribution >= 4 is 5.91 Å². The molecule has 3 aromatic rings. The number of hydrogen-bond donors (Lipinski definition) is 1. The first-order chi connectivity index (χ1) is 13.1. The van der Waals surface area contributed by atoms with Gasteiger partial charge in [0.2, 0.25) is 5.91 Å². The van der Waals surface area contributed by atoms with Crippen LogP contribution in [0.3, 0.4) is 0 Å². The summed E-state index contributed by atoms with van der Waals surface area (Å²) in [5.74, 6) is -0.202. The quantitative estimate of drug-likeness (QED) is 0.771. The lowest BCUT2D eigenvalue weighted by atomic mass is 10.0. The van der Waals surface area contributed by atoms with E-state index in [1.54, 1.807) is 12.1 Å². The number of H-pyrrole nitrogens is 1. The van der Waals surface area contributed by atoms with Crippen LogP contribution in [0.5, 0.6) is 0 Å². The van der Waals surface area contributed by atoms with Gasteiger partial charge in [-0.1, -0.05) is 42.0 Å². The molecular formula is C22H22FN3O. The molecule has 0 atom stereocenters. The number of carbonyl (C=O) groups is 1. The van der Waals surface area contributed by atoms with Crippen molar-refractivity contribution in [1.29, 1.82) is 0 Å². The minimum Gasteiger partial charge on any atom is -0.342 e. The molecule has 1 aliphatic heterocycles. The highest BCUT2D eigenvalue weighted by molar-refractivity contribution is 5.79. The molecule has 27 heavy (non-hydrogen) atoms. The molecule has 0 bridgehead atoms. The maximum absolute atomic E-state index is 13.0. The maximum Gasteiger partial charge on any atom is 0.227 e. The molecule has 1 amide bonds. The van der Waals surface area contributed by atoms with Gasteiger partial charge in [-0.3, -0.25) is 9.89 Å². The Morgan fingerprint density at radius 1 is 1.07 bits per heavy atom. The zero-order valence-corrected chi connectivity index (χ0v) is 15.3. The Kier molecular flexibility index (Phi) is 4.75. The molecule has 0 unspecified atom stereocenters. The van der Waals surface area contributed by atoms with Crippen molar-refractivity contribution < 1.29 is 9.18 Å². The van der Waals surface area contributed by atoms with Gasteiger partial charge < -0.3 is 4.90 Å². The second kappa shape index (κ2) is 7.35. The van der Waals surface area contributed by atoms with Crippen molar-refractivity contribution in [2.75, 3.05) is 13.1 Å². The lowest BCUT2D eigenvalue weighted by molar-refractivity contribution is -0.130. The molecule has 0 saturated carbocycles. The predicted molar refractivity (Wildman–Crippen MR) is 103 cm³/mol. The van der Waals surface area contributed by atoms with Gasteiger partial charge in [0, 0.05) is 36.3 Å². The molecule has 0 spiro atoms. The van der Waals surface area contributed by atoms with Crippen LogP contribution in [-0.4, -0.2) is 34.1 Å². The summed E-state index contributed by atoms with van der Waals surface area (Å²) in [4.78, 5) is 14.6. The van der Waals surface area contributed by atoms with E-state index in [0.717, 1.165) is 35.4 Å². The SMILES string of the molecule is Cc1ccc(-c2n[nH]c3c2CCN(C(=O)Cc2ccc(F)cc2)CC3)cc1. The summed E-state index contributed by atoms with van der Waals surface area (Å²) in [6.07, 6.45) is 1.85. The van der Waals surface area contributed by atoms with E-state index in [1.165, 1.54) is 23.3 Å². The number of benzene rings is 2. The number of amides is 1. The van der Waals surface area contributed by atoms with E-state index in [1.807, 2.05) is 4.90 Å². The fourth-order valence-corrected chi connectivity index (χ4v) is 3.57. The Hall–Kier alpha value is -2.95. The third-order valence-electron chi connectivity index (χ3n) is 5.16. The number of nitrogens with one attached hydrogen (secondary N) is 1. The van der Waals surface area contributed by atoms with Gasteiger partial charge in [0.1, 0.15) is 5.82 Å². The Labute approximate surface area is 158 Å². The van der Waals surface area contributed by atoms with Crippen molar-refractivity contribution in [2.45, 2.75) is 26.2 Å². The Morgan fingerprint density at radius 3 is 2.52 bits per heavy atom. The van der Waals surface area contributed by atoms with E-state index in [4.69, 9.17) is 0 Å². The summed E-state index contributed by atoms with van der Waals surface area (Å²) >= 11 is 0. The smallest absolute Gasteiger partial charge is 0.227 e. The molecule has 4 rings (SSSR count). The zero-order chi connectivity index (χ0) is 18.8. The number of hydrogen-bond acceptors (Lipinski definition) is 2. The van der Waals surface area contributed by atoms with Crippen LogP contribution in [0.1, 0.15) is 22.4 Å². The highest BCUT2D eigenvalue weighted by Crippen LogP contribution is 2.27. The first kappa shape index (κ1) is 17.5. The molecule has 1 aromatic heterocycles. The standard InChI is InChI=1S/C22H22FN3O/c1-15-2-6-17(7-3-15)22-19-10-12-26(13-11-20(19)24-25-22)21(27)14-16-4-8-18(23)9-5-16/h2-9H,10-14H2,1H3,(H,24,25). The molecule has 0 aliphatic carbocycles. The Bertz CT molecular complexity index is 945. The van der Waals surface area contributed by atoms with Crippen LogP contribution in [0.4, 0.5) is 4.39 Å². The van der Waals surface area contributed by atoms with Gasteiger partial charge in [-0.2, -0.15) is 5.10 Å². The second-order valence-corrected chi connectivity index (χ2v) is 7.08. The number of fused-ring (bicyclic) bond motifs is 1. The van der Waals surface area contributed by atoms with E-state index in [2.05, 4.69) is 41.4 Å². The second-order valence-electron chi connectivity index (χ2n) is 7.08. The van der Waals surface area contributed by atoms with Gasteiger partial charge >= 0.3 is 0 Å². The van der Waals surface area contributed by atoms with Crippen molar-refractivity contribution in [3.8, 4) is 11.3 Å². The molecule has 0 radical (unpaired) electrons. The van der Waals surface area contributed by atoms with Gasteiger partial charge in [-0.25, -0.2) is 4.39 Å². The number of carbonyl (C=O) groups excluding carboxylic acids is 1. The summed E-state index contributed by atoms with van der Waals surface area (Å²) in [6, 6.07) is 14.5. The molecule has 0 fully saturated rings. The number of halogens is 1. The first-order valence-corrected chi connectivity index (χ1v) is 9.25. The topological polar surface area (TPSA) is 49.0 Å². The van der Waals surface area contributed by atoms with Gasteiger partial charge in [-0.05, 0) is 31.0 Å². The van der Waals surface area contributed by atoms with E-state index < -0.39 is 0 Å². The van der Waals surface area contributed by atoms with Crippen molar-refractivity contribution in [1.82, 2.24) is 15.1 Å². The average Bonchev–Trinajstić information content (AvgIpc) is 2.95. The number of aromatic nitrogens is 2. The molecule has 138 valence electrons. The number of rotatable bonds is 3. The van der Waals surface area contributed by atoms with E-state index in [-0.39, 0.29) is 11.7 Å². The van der Waals surface area contributed by atoms with E-state index >= 15 is 0 Å². The highest BCUT2D eigenvalue weighted by atomic mass is 19.1. The summed E-state index contributed by atoms with van der Waals surface area (Å²) in [6.45, 7) is 3.41. The summed E-state index contributed by atoms with van der Waals surface area (Å²) in [5, 5.41) is 7.69. The molecule has 1 N–H and O–H groups in total. The molecule has 4 nitrogen and oxygen atoms in total. The van der Waals surface area contributed by atoms with Crippen molar-refractivity contribution in [3.05, 3.63) is 76.7 Å². The van der Waals surface area contributed by atoms with Gasteiger partial charge in [0.15, 0.2) is 0 Å². The van der Waals surface area contributed by atoms with Crippen LogP contribution in [0.15, 0.2) is 48.5 Å². The summed E-state index contributed by atoms with van der Waals surface area (Å²) in [5.41, 5.74) is 6.46. The summed E-state index contributed by atoms with van der Waals surface area (Å²) < 4.78 is 13.0. The molecule has 1 aliphatic rings. The van der Waals surface area contributed by atoms with Gasteiger partial charge in [-0.15, -0.1) is 0 Å². The predicted octanol–water partition coefficient (Wildman–Crippen LogP) is 3.69. The number of aromatic amines is 1. The largest absolute Gasteiger partial charge is 0.342 e. The van der Waals surface area contributed by atoms with Crippen LogP contribution in [-0.2, 0) is 24.1 Å². The van der Waals surface area contributed by atoms with Crippen LogP contribution in [0.2, 0.25) is 0 Å². The third-order valence-corrected chi connectivity index (χ3v) is 5.16.